The predicted octanol–water partition coefficient (Wildman–Crippen LogP) is 17.2. The summed E-state index contributed by atoms with van der Waals surface area (Å²) in [5.41, 5.74) is 0. The van der Waals surface area contributed by atoms with Crippen LogP contribution < -0.4 is 10.6 Å². The molecule has 2 aliphatic heterocycles. The van der Waals surface area contributed by atoms with Crippen molar-refractivity contribution in [3.05, 3.63) is 0 Å². The molecule has 14 atom stereocenters. The van der Waals surface area contributed by atoms with Crippen LogP contribution in [0.15, 0.2) is 0 Å². The molecule has 0 bridgehead atoms. The van der Waals surface area contributed by atoms with Gasteiger partial charge < -0.3 is 83.8 Å². The summed E-state index contributed by atoms with van der Waals surface area (Å²) < 4.78 is 67.3. The van der Waals surface area contributed by atoms with Crippen LogP contribution in [0.1, 0.15) is 408 Å². The molecule has 2 fully saturated rings. The summed E-state index contributed by atoms with van der Waals surface area (Å²) in [5, 5.41) is 58.7. The van der Waals surface area contributed by atoms with Crippen molar-refractivity contribution in [3.63, 3.8) is 0 Å². The highest BCUT2D eigenvalue weighted by molar-refractivity contribution is 7.46. The monoisotopic (exact) mass is 1660 g/mol. The van der Waals surface area contributed by atoms with Gasteiger partial charge in [-0.3, -0.25) is 33.3 Å². The summed E-state index contributed by atoms with van der Waals surface area (Å²) in [6.07, 6.45) is 22.7. The molecule has 2 amide bonds. The number of carboxylic acids is 2. The van der Waals surface area contributed by atoms with E-state index in [0.29, 0.717) is 44.9 Å². The minimum absolute atomic E-state index is 0.0474. The lowest BCUT2D eigenvalue weighted by molar-refractivity contribution is -0.316. The average molecular weight is 1660 g/mol. The molecule has 0 aromatic carbocycles. The highest BCUT2D eigenvalue weighted by Crippen LogP contribution is 2.43. The first-order chi connectivity index (χ1) is 55.4. The van der Waals surface area contributed by atoms with E-state index in [2.05, 4.69) is 52.2 Å². The molecule has 0 radical (unpaired) electrons. The van der Waals surface area contributed by atoms with Gasteiger partial charge in [-0.05, 0) is 57.8 Å². The molecule has 2 aliphatic rings. The number of phosphoric acid groups is 1. The number of esters is 4. The third-order valence-corrected chi connectivity index (χ3v) is 22.3. The zero-order chi connectivity index (χ0) is 84.7. The molecule has 2 heterocycles. The first-order valence-corrected chi connectivity index (χ1v) is 47.1. The Bertz CT molecular complexity index is 2580. The summed E-state index contributed by atoms with van der Waals surface area (Å²) in [7, 11) is -5.84. The van der Waals surface area contributed by atoms with Crippen LogP contribution in [0.3, 0.4) is 0 Å². The van der Waals surface area contributed by atoms with Crippen LogP contribution >= 0.6 is 7.82 Å². The molecule has 0 aromatic heterocycles. The van der Waals surface area contributed by atoms with Crippen LogP contribution in [-0.2, 0) is 85.3 Å². The Morgan fingerprint density at radius 3 is 1.07 bits per heavy atom. The number of unbranched alkanes of at least 4 members (excludes halogenated alkanes) is 42. The maximum atomic E-state index is 15.2. The second kappa shape index (κ2) is 68.3. The zero-order valence-electron chi connectivity index (χ0n) is 71.7. The van der Waals surface area contributed by atoms with Crippen molar-refractivity contribution in [1.82, 2.24) is 10.6 Å². The summed E-state index contributed by atoms with van der Waals surface area (Å²) in [4.78, 5) is 133. The number of phosphoric ester groups is 1. The fourth-order valence-electron chi connectivity index (χ4n) is 14.9. The lowest BCUT2D eigenvalue weighted by Crippen LogP contribution is -2.67. The van der Waals surface area contributed by atoms with Crippen LogP contribution in [0.4, 0.5) is 0 Å². The summed E-state index contributed by atoms with van der Waals surface area (Å²) in [5.74, 6) is -7.95. The molecule has 1 unspecified atom stereocenters. The van der Waals surface area contributed by atoms with Crippen molar-refractivity contribution in [2.75, 3.05) is 13.2 Å². The second-order valence-electron chi connectivity index (χ2n) is 32.4. The molecule has 2 rings (SSSR count). The fraction of sp³-hybridized carbons (Fsp3) is 0.908. The van der Waals surface area contributed by atoms with E-state index in [9.17, 15) is 68.7 Å². The van der Waals surface area contributed by atoms with Gasteiger partial charge in [0.15, 0.2) is 30.8 Å². The van der Waals surface area contributed by atoms with Gasteiger partial charge in [0, 0.05) is 19.3 Å². The number of carbonyl (C=O) groups excluding carboxylic acids is 6. The molecule has 27 nitrogen and oxygen atoms in total. The number of amides is 2. The Kier molecular flexibility index (Phi) is 63.3. The first-order valence-electron chi connectivity index (χ1n) is 45.6. The molecule has 2 saturated heterocycles. The molecule has 0 spiro atoms. The molecule has 28 heteroatoms. The van der Waals surface area contributed by atoms with Gasteiger partial charge in [0.2, 0.25) is 11.8 Å². The summed E-state index contributed by atoms with van der Waals surface area (Å²) >= 11 is 0. The lowest BCUT2D eigenvalue weighted by atomic mass is 9.95. The molecular weight excluding hydrogens is 1500 g/mol. The predicted molar refractivity (Wildman–Crippen MR) is 440 cm³/mol. The van der Waals surface area contributed by atoms with Crippen LogP contribution in [0.5, 0.6) is 0 Å². The maximum Gasteiger partial charge on any atom is 0.470 e. The Morgan fingerprint density at radius 1 is 0.383 bits per heavy atom. The van der Waals surface area contributed by atoms with Gasteiger partial charge in [0.05, 0.1) is 32.5 Å². The first kappa shape index (κ1) is 107. The number of nitrogens with one attached hydrogen (secondary N) is 2. The van der Waals surface area contributed by atoms with E-state index in [4.69, 9.17) is 42.4 Å². The summed E-state index contributed by atoms with van der Waals surface area (Å²) in [6.45, 7) is 10.8. The van der Waals surface area contributed by atoms with E-state index in [1.807, 2.05) is 0 Å². The Balaban J connectivity index is 2.91. The Hall–Kier alpha value is -4.41. The minimum atomic E-state index is -5.84. The van der Waals surface area contributed by atoms with Gasteiger partial charge in [-0.2, -0.15) is 0 Å². The highest BCUT2D eigenvalue weighted by Gasteiger charge is 2.54. The van der Waals surface area contributed by atoms with Gasteiger partial charge in [-0.15, -0.1) is 0 Å². The topological polar surface area (TPSA) is 402 Å². The number of aliphatic carboxylic acids is 2. The molecule has 0 saturated carbocycles. The van der Waals surface area contributed by atoms with Crippen LogP contribution in [0, 0.1) is 0 Å². The third-order valence-electron chi connectivity index (χ3n) is 21.8. The van der Waals surface area contributed by atoms with Gasteiger partial charge in [0.25, 0.3) is 0 Å². The van der Waals surface area contributed by atoms with E-state index in [-0.39, 0.29) is 32.1 Å². The smallest absolute Gasteiger partial charge is 0.470 e. The Labute approximate surface area is 690 Å². The molecule has 9 N–H and O–H groups in total. The highest BCUT2D eigenvalue weighted by atomic mass is 31.2. The number of carboxylic acid groups (broad SMARTS) is 2. The molecule has 0 aromatic rings. The Morgan fingerprint density at radius 2 is 0.722 bits per heavy atom. The number of ether oxygens (including phenoxy) is 8. The van der Waals surface area contributed by atoms with Crippen LogP contribution in [0.2, 0.25) is 0 Å². The van der Waals surface area contributed by atoms with Gasteiger partial charge in [-0.1, -0.05) is 311 Å². The quantitative estimate of drug-likeness (QED) is 0.0118. The van der Waals surface area contributed by atoms with Crippen LogP contribution in [-0.4, -0.2) is 182 Å². The van der Waals surface area contributed by atoms with Gasteiger partial charge in [0.1, 0.15) is 54.9 Å². The lowest BCUT2D eigenvalue weighted by Gasteiger charge is -2.46. The second-order valence-corrected chi connectivity index (χ2v) is 33.6. The number of hydrogen-bond donors (Lipinski definition) is 9. The fourth-order valence-corrected chi connectivity index (χ4v) is 15.4. The maximum absolute atomic E-state index is 15.2. The normalized spacial score (nSPS) is 20.7. The van der Waals surface area contributed by atoms with E-state index in [0.717, 1.165) is 263 Å². The van der Waals surface area contributed by atoms with Crippen molar-refractivity contribution >= 4 is 55.5 Å². The standard InChI is InChI=1S/C87H159N2O25P/c1-7-13-19-25-31-34-40-43-49-55-66(108-73(92)58-52-46-37-28-22-16-10-4)61-71(90)88-69(84(99)100)64-106-86-77(89-72(91)62-67(56-50-44-41-35-32-26-20-14-8-2)109-74(93)59-53-47-38-29-23-17-11-5)82(81(114-115(103,104)105)70(111-86)65-107-87-80(98)78(96)79(97)83(113-87)85(101)102)112-76(95)63-68(57-51-45-42-36-33-27-21-15-9-3)110-75(94)60-54-48-39-30-24-18-12-6/h66-70,77-83,86-87,96-98H,7-65H2,1-6H3,(H,88,90)(H,89,91)(H,99,100)(H,101,102)(H2,103,104,105)/t66-,67-,68-,69+,70-,77-,78+,79+,80-,81-,82-,83+,86-,87?/m1/s1. The van der Waals surface area contributed by atoms with Crippen molar-refractivity contribution < 1.29 is 121 Å². The van der Waals surface area contributed by atoms with Gasteiger partial charge >= 0.3 is 43.6 Å². The largest absolute Gasteiger partial charge is 0.480 e. The van der Waals surface area contributed by atoms with Crippen molar-refractivity contribution in [1.29, 1.82) is 0 Å². The summed E-state index contributed by atoms with van der Waals surface area (Å²) in [6, 6.07) is -3.94. The molecule has 0 aliphatic carbocycles. The molecule has 115 heavy (non-hydrogen) atoms. The third kappa shape index (κ3) is 53.1. The van der Waals surface area contributed by atoms with E-state index in [1.165, 1.54) is 6.42 Å². The number of hydrogen-bond acceptors (Lipinski definition) is 21. The van der Waals surface area contributed by atoms with Crippen molar-refractivity contribution in [3.8, 4) is 0 Å². The SMILES string of the molecule is CCCCCCCCCCC[C@H](CC(=O)N[C@H]1[C@H](OC[C@H](NC(=O)C[C@@H](CCCCCCCCCCC)OC(=O)CCCCCCCCC)C(=O)O)O[C@H](COC2O[C@H](C(=O)O)[C@@H](O)[C@H](O)[C@H]2O)[C@@H](OP(=O)(O)O)[C@@H]1OC(=O)C[C@@H](CCCCCCCCCCC)OC(=O)CCCCCCCCC)OC(=O)CCCCCCCCC. The van der Waals surface area contributed by atoms with Crippen molar-refractivity contribution in [2.45, 2.75) is 493 Å². The van der Waals surface area contributed by atoms with Crippen LogP contribution in [0.25, 0.3) is 0 Å². The number of aliphatic hydroxyl groups is 3. The molecular formula is C87H159N2O25P. The van der Waals surface area contributed by atoms with Crippen molar-refractivity contribution in [2.24, 2.45) is 0 Å². The average Bonchev–Trinajstić information content (AvgIpc) is 0.767. The zero-order valence-corrected chi connectivity index (χ0v) is 72.6. The van der Waals surface area contributed by atoms with E-state index < -0.39 is 174 Å². The number of rotatable bonds is 76. The van der Waals surface area contributed by atoms with E-state index >= 15 is 9.59 Å². The molecule has 672 valence electrons. The number of aliphatic hydroxyl groups excluding tert-OH is 3. The number of carbonyl (C=O) groups is 8. The minimum Gasteiger partial charge on any atom is -0.480 e. The van der Waals surface area contributed by atoms with E-state index in [1.54, 1.807) is 0 Å². The van der Waals surface area contributed by atoms with Gasteiger partial charge in [-0.25, -0.2) is 14.2 Å².